The van der Waals surface area contributed by atoms with Crippen LogP contribution in [0.4, 0.5) is 16.2 Å². The van der Waals surface area contributed by atoms with Crippen molar-refractivity contribution in [1.82, 2.24) is 4.90 Å². The highest BCUT2D eigenvalue weighted by Crippen LogP contribution is 2.26. The Morgan fingerprint density at radius 3 is 2.43 bits per heavy atom. The minimum absolute atomic E-state index is 0.0783. The predicted octanol–water partition coefficient (Wildman–Crippen LogP) is 3.25. The van der Waals surface area contributed by atoms with Gasteiger partial charge in [0.15, 0.2) is 0 Å². The molecule has 0 radical (unpaired) electrons. The maximum atomic E-state index is 12.5. The topological polar surface area (TPSA) is 86.8 Å². The van der Waals surface area contributed by atoms with Crippen molar-refractivity contribution in [1.29, 1.82) is 0 Å². The van der Waals surface area contributed by atoms with Gasteiger partial charge in [-0.05, 0) is 60.6 Å². The second-order valence-electron chi connectivity index (χ2n) is 6.53. The number of benzene rings is 2. The number of nitrogens with zero attached hydrogens (tertiary/aromatic N) is 2. The zero-order valence-electron chi connectivity index (χ0n) is 15.6. The van der Waals surface area contributed by atoms with E-state index in [-0.39, 0.29) is 16.9 Å². The van der Waals surface area contributed by atoms with E-state index < -0.39 is 10.0 Å². The van der Waals surface area contributed by atoms with Gasteiger partial charge in [0, 0.05) is 36.8 Å². The van der Waals surface area contributed by atoms with Gasteiger partial charge < -0.3 is 10.2 Å². The summed E-state index contributed by atoms with van der Waals surface area (Å²) in [5.74, 6) is -0.201. The fraction of sp³-hybridized carbons (Fsp3) is 0.263. The van der Waals surface area contributed by atoms with Crippen molar-refractivity contribution in [3.63, 3.8) is 0 Å². The highest BCUT2D eigenvalue weighted by atomic mass is 32.2. The summed E-state index contributed by atoms with van der Waals surface area (Å²) in [6.45, 7) is 0.429. The van der Waals surface area contributed by atoms with Gasteiger partial charge in [0.25, 0.3) is 11.1 Å². The van der Waals surface area contributed by atoms with Crippen LogP contribution in [0.15, 0.2) is 53.4 Å². The highest BCUT2D eigenvalue weighted by Gasteiger charge is 2.28. The molecule has 2 aromatic rings. The van der Waals surface area contributed by atoms with Crippen molar-refractivity contribution in [2.45, 2.75) is 11.3 Å². The molecule has 0 unspecified atom stereocenters. The summed E-state index contributed by atoms with van der Waals surface area (Å²) < 4.78 is 25.5. The molecule has 2 amide bonds. The van der Waals surface area contributed by atoms with Gasteiger partial charge in [-0.25, -0.2) is 8.42 Å². The maximum Gasteiger partial charge on any atom is 0.285 e. The van der Waals surface area contributed by atoms with E-state index in [0.717, 1.165) is 16.7 Å². The fourth-order valence-electron chi connectivity index (χ4n) is 2.73. The Hall–Kier alpha value is -2.52. The predicted molar refractivity (Wildman–Crippen MR) is 112 cm³/mol. The molecule has 2 aromatic carbocycles. The molecule has 28 heavy (non-hydrogen) atoms. The molecule has 148 valence electrons. The van der Waals surface area contributed by atoms with Gasteiger partial charge >= 0.3 is 0 Å². The van der Waals surface area contributed by atoms with E-state index in [2.05, 4.69) is 5.32 Å². The lowest BCUT2D eigenvalue weighted by molar-refractivity contribution is 0.102. The zero-order chi connectivity index (χ0) is 20.3. The van der Waals surface area contributed by atoms with E-state index >= 15 is 0 Å². The Kier molecular flexibility index (Phi) is 5.95. The number of anilines is 2. The van der Waals surface area contributed by atoms with Gasteiger partial charge in [-0.1, -0.05) is 6.07 Å². The first-order chi connectivity index (χ1) is 13.3. The van der Waals surface area contributed by atoms with Gasteiger partial charge in [0.05, 0.1) is 11.4 Å². The smallest absolute Gasteiger partial charge is 0.285 e. The molecule has 1 saturated heterocycles. The van der Waals surface area contributed by atoms with Crippen LogP contribution in [-0.4, -0.2) is 50.9 Å². The van der Waals surface area contributed by atoms with E-state index in [4.69, 9.17) is 0 Å². The minimum Gasteiger partial charge on any atom is -0.339 e. The molecule has 1 fully saturated rings. The molecule has 0 bridgehead atoms. The first kappa shape index (κ1) is 20.2. The number of carbonyl (C=O) groups excluding carboxylic acids is 2. The number of nitrogens with one attached hydrogen (secondary N) is 1. The Labute approximate surface area is 168 Å². The summed E-state index contributed by atoms with van der Waals surface area (Å²) in [4.78, 5) is 26.5. The molecule has 1 heterocycles. The third-order valence-electron chi connectivity index (χ3n) is 4.18. The third kappa shape index (κ3) is 4.66. The monoisotopic (exact) mass is 419 g/mol. The largest absolute Gasteiger partial charge is 0.339 e. The Bertz CT molecular complexity index is 988. The number of rotatable bonds is 4. The van der Waals surface area contributed by atoms with Crippen molar-refractivity contribution in [3.8, 4) is 0 Å². The second kappa shape index (κ2) is 8.24. The van der Waals surface area contributed by atoms with E-state index in [1.807, 2.05) is 0 Å². The summed E-state index contributed by atoms with van der Waals surface area (Å²) in [7, 11) is 0.0778. The average Bonchev–Trinajstić information content (AvgIpc) is 3.02. The molecular weight excluding hydrogens is 398 g/mol. The van der Waals surface area contributed by atoms with Crippen LogP contribution in [0.25, 0.3) is 0 Å². The lowest BCUT2D eigenvalue weighted by Crippen LogP contribution is -2.25. The summed E-state index contributed by atoms with van der Waals surface area (Å²) in [6, 6.07) is 13.5. The van der Waals surface area contributed by atoms with Crippen molar-refractivity contribution in [2.24, 2.45) is 0 Å². The van der Waals surface area contributed by atoms with E-state index in [1.54, 1.807) is 62.6 Å². The summed E-state index contributed by atoms with van der Waals surface area (Å²) in [6.07, 6.45) is 0.583. The molecule has 0 aromatic heterocycles. The van der Waals surface area contributed by atoms with E-state index in [9.17, 15) is 18.0 Å². The highest BCUT2D eigenvalue weighted by molar-refractivity contribution is 8.13. The van der Waals surface area contributed by atoms with Crippen molar-refractivity contribution < 1.29 is 18.0 Å². The molecule has 9 heteroatoms. The van der Waals surface area contributed by atoms with Gasteiger partial charge in [-0.15, -0.1) is 0 Å². The molecule has 7 nitrogen and oxygen atoms in total. The Balaban J connectivity index is 1.70. The summed E-state index contributed by atoms with van der Waals surface area (Å²) in [5.41, 5.74) is 1.46. The number of hydrogen-bond donors (Lipinski definition) is 1. The lowest BCUT2D eigenvalue weighted by Gasteiger charge is -2.17. The van der Waals surface area contributed by atoms with Crippen molar-refractivity contribution in [3.05, 3.63) is 54.1 Å². The van der Waals surface area contributed by atoms with Crippen LogP contribution in [0.3, 0.4) is 0 Å². The molecule has 0 atom stereocenters. The second-order valence-corrected chi connectivity index (χ2v) is 9.57. The Morgan fingerprint density at radius 2 is 1.82 bits per heavy atom. The van der Waals surface area contributed by atoms with Crippen LogP contribution in [0, 0.1) is 0 Å². The first-order valence-corrected chi connectivity index (χ1v) is 11.1. The quantitative estimate of drug-likeness (QED) is 0.769. The number of amides is 2. The first-order valence-electron chi connectivity index (χ1n) is 8.67. The minimum atomic E-state index is -3.29. The summed E-state index contributed by atoms with van der Waals surface area (Å²) in [5, 5.41) is 2.71. The standard InChI is InChI=1S/C19H21N3O4S2/c1-21(2)19(24)27-17-9-7-15(8-10-17)20-18(23)14-5-3-6-16(13-14)22-11-4-12-28(22,25)26/h3,5-10,13H,4,11-12H2,1-2H3,(H,20,23). The van der Waals surface area contributed by atoms with Gasteiger partial charge in [-0.2, -0.15) is 0 Å². The molecule has 1 aliphatic heterocycles. The Morgan fingerprint density at radius 1 is 1.11 bits per heavy atom. The molecule has 3 rings (SSSR count). The van der Waals surface area contributed by atoms with E-state index in [1.165, 1.54) is 9.21 Å². The zero-order valence-corrected chi connectivity index (χ0v) is 17.2. The third-order valence-corrected chi connectivity index (χ3v) is 7.10. The molecule has 1 aliphatic rings. The van der Waals surface area contributed by atoms with Crippen LogP contribution in [-0.2, 0) is 10.0 Å². The van der Waals surface area contributed by atoms with Crippen LogP contribution < -0.4 is 9.62 Å². The van der Waals surface area contributed by atoms with Crippen molar-refractivity contribution >= 4 is 44.3 Å². The molecule has 0 spiro atoms. The van der Waals surface area contributed by atoms with Crippen LogP contribution in [0.5, 0.6) is 0 Å². The van der Waals surface area contributed by atoms with E-state index in [0.29, 0.717) is 29.9 Å². The number of thioether (sulfide) groups is 1. The summed E-state index contributed by atoms with van der Waals surface area (Å²) >= 11 is 1.10. The SMILES string of the molecule is CN(C)C(=O)Sc1ccc(NC(=O)c2cccc(N3CCCS3(=O)=O)c2)cc1. The number of carbonyl (C=O) groups is 2. The van der Waals surface area contributed by atoms with Crippen molar-refractivity contribution in [2.75, 3.05) is 36.0 Å². The average molecular weight is 420 g/mol. The van der Waals surface area contributed by atoms with Crippen LogP contribution in [0.1, 0.15) is 16.8 Å². The lowest BCUT2D eigenvalue weighted by atomic mass is 10.2. The van der Waals surface area contributed by atoms with Gasteiger partial charge in [0.2, 0.25) is 10.0 Å². The van der Waals surface area contributed by atoms with Gasteiger partial charge in [0.1, 0.15) is 0 Å². The molecule has 1 N–H and O–H groups in total. The number of hydrogen-bond acceptors (Lipinski definition) is 5. The molecule has 0 saturated carbocycles. The normalized spacial score (nSPS) is 15.3. The number of sulfonamides is 1. The fourth-order valence-corrected chi connectivity index (χ4v) is 4.95. The van der Waals surface area contributed by atoms with Crippen LogP contribution >= 0.6 is 11.8 Å². The maximum absolute atomic E-state index is 12.5. The molecular formula is C19H21N3O4S2. The van der Waals surface area contributed by atoms with Gasteiger partial charge in [-0.3, -0.25) is 13.9 Å². The van der Waals surface area contributed by atoms with Crippen LogP contribution in [0.2, 0.25) is 0 Å². The molecule has 0 aliphatic carbocycles.